The summed E-state index contributed by atoms with van der Waals surface area (Å²) < 4.78 is 15.3. The van der Waals surface area contributed by atoms with E-state index in [1.54, 1.807) is 7.11 Å². The van der Waals surface area contributed by atoms with E-state index in [0.717, 1.165) is 37.3 Å². The third kappa shape index (κ3) is 5.18. The highest BCUT2D eigenvalue weighted by Crippen LogP contribution is 2.22. The number of rotatable bonds is 7. The van der Waals surface area contributed by atoms with E-state index in [-0.39, 0.29) is 12.0 Å². The number of carbonyl (C=O) groups excluding carboxylic acids is 1. The van der Waals surface area contributed by atoms with Gasteiger partial charge in [-0.2, -0.15) is 5.10 Å². The standard InChI is InChI=1S/C21H28ClN5O3S/c1-29-14-12-26-19(16-4-6-17(22)7-5-16)23-27(21(26)31)15-24-8-10-25(11-9-24)20(28)18-3-2-13-30-18/h4-7,18H,2-3,8-15H2,1H3/t18-/m0/s1. The Kier molecular flexibility index (Phi) is 7.39. The maximum atomic E-state index is 12.6. The van der Waals surface area contributed by atoms with Crippen molar-refractivity contribution in [3.63, 3.8) is 0 Å². The molecule has 2 aliphatic heterocycles. The average Bonchev–Trinajstić information content (AvgIpc) is 3.42. The molecule has 3 heterocycles. The van der Waals surface area contributed by atoms with Crippen molar-refractivity contribution in [3.8, 4) is 11.4 Å². The summed E-state index contributed by atoms with van der Waals surface area (Å²) in [5.41, 5.74) is 0.956. The van der Waals surface area contributed by atoms with Crippen LogP contribution in [0.25, 0.3) is 11.4 Å². The molecule has 8 nitrogen and oxygen atoms in total. The molecule has 0 N–H and O–H groups in total. The highest BCUT2D eigenvalue weighted by molar-refractivity contribution is 7.71. The molecule has 31 heavy (non-hydrogen) atoms. The highest BCUT2D eigenvalue weighted by atomic mass is 35.5. The fourth-order valence-electron chi connectivity index (χ4n) is 4.00. The molecule has 4 rings (SSSR count). The zero-order chi connectivity index (χ0) is 21.8. The second kappa shape index (κ2) is 10.2. The topological polar surface area (TPSA) is 64.8 Å². The number of benzene rings is 1. The Morgan fingerprint density at radius 3 is 2.65 bits per heavy atom. The summed E-state index contributed by atoms with van der Waals surface area (Å²) >= 11 is 11.8. The highest BCUT2D eigenvalue weighted by Gasteiger charge is 2.30. The van der Waals surface area contributed by atoms with E-state index in [4.69, 9.17) is 38.4 Å². The Morgan fingerprint density at radius 2 is 2.00 bits per heavy atom. The first kappa shape index (κ1) is 22.4. The number of methoxy groups -OCH3 is 1. The maximum absolute atomic E-state index is 12.6. The molecule has 168 valence electrons. The smallest absolute Gasteiger partial charge is 0.251 e. The Labute approximate surface area is 192 Å². The lowest BCUT2D eigenvalue weighted by Crippen LogP contribution is -2.51. The second-order valence-electron chi connectivity index (χ2n) is 7.84. The van der Waals surface area contributed by atoms with Crippen molar-refractivity contribution >= 4 is 29.7 Å². The van der Waals surface area contributed by atoms with Crippen LogP contribution in [-0.2, 0) is 27.5 Å². The van der Waals surface area contributed by atoms with Gasteiger partial charge in [-0.25, -0.2) is 4.68 Å². The molecule has 2 fully saturated rings. The van der Waals surface area contributed by atoms with Gasteiger partial charge in [-0.1, -0.05) is 11.6 Å². The molecule has 0 bridgehead atoms. The lowest BCUT2D eigenvalue weighted by Gasteiger charge is -2.35. The third-order valence-electron chi connectivity index (χ3n) is 5.77. The Morgan fingerprint density at radius 1 is 1.26 bits per heavy atom. The molecule has 0 radical (unpaired) electrons. The number of hydrogen-bond acceptors (Lipinski definition) is 6. The number of carbonyl (C=O) groups is 1. The van der Waals surface area contributed by atoms with Crippen molar-refractivity contribution in [1.82, 2.24) is 24.1 Å². The molecule has 1 aromatic heterocycles. The zero-order valence-corrected chi connectivity index (χ0v) is 19.3. The minimum Gasteiger partial charge on any atom is -0.383 e. The van der Waals surface area contributed by atoms with Crippen LogP contribution in [0.2, 0.25) is 5.02 Å². The van der Waals surface area contributed by atoms with Gasteiger partial charge in [-0.3, -0.25) is 14.3 Å². The average molecular weight is 466 g/mol. The van der Waals surface area contributed by atoms with Crippen molar-refractivity contribution < 1.29 is 14.3 Å². The number of hydrogen-bond donors (Lipinski definition) is 0. The second-order valence-corrected chi connectivity index (χ2v) is 8.65. The van der Waals surface area contributed by atoms with Gasteiger partial charge < -0.3 is 14.4 Å². The molecule has 2 aromatic rings. The largest absolute Gasteiger partial charge is 0.383 e. The van der Waals surface area contributed by atoms with Crippen molar-refractivity contribution in [2.75, 3.05) is 46.5 Å². The van der Waals surface area contributed by atoms with Gasteiger partial charge >= 0.3 is 0 Å². The van der Waals surface area contributed by atoms with Crippen LogP contribution in [-0.4, -0.2) is 82.7 Å². The number of halogens is 1. The van der Waals surface area contributed by atoms with Gasteiger partial charge in [0.25, 0.3) is 5.91 Å². The number of aromatic nitrogens is 3. The molecule has 0 unspecified atom stereocenters. The van der Waals surface area contributed by atoms with Gasteiger partial charge in [-0.15, -0.1) is 0 Å². The van der Waals surface area contributed by atoms with Crippen LogP contribution in [0.15, 0.2) is 24.3 Å². The summed E-state index contributed by atoms with van der Waals surface area (Å²) in [6.07, 6.45) is 1.55. The minimum atomic E-state index is -0.251. The summed E-state index contributed by atoms with van der Waals surface area (Å²) in [7, 11) is 1.67. The summed E-state index contributed by atoms with van der Waals surface area (Å²) in [5, 5.41) is 5.49. The molecule has 0 aliphatic carbocycles. The first-order valence-corrected chi connectivity index (χ1v) is 11.4. The molecule has 1 aromatic carbocycles. The first-order valence-electron chi connectivity index (χ1n) is 10.6. The zero-order valence-electron chi connectivity index (χ0n) is 17.7. The van der Waals surface area contributed by atoms with E-state index in [2.05, 4.69) is 4.90 Å². The third-order valence-corrected chi connectivity index (χ3v) is 6.45. The number of amides is 1. The number of ether oxygens (including phenoxy) is 2. The monoisotopic (exact) mass is 465 g/mol. The Bertz CT molecular complexity index is 947. The van der Waals surface area contributed by atoms with Gasteiger partial charge in [0.2, 0.25) is 0 Å². The SMILES string of the molecule is COCCn1c(-c2ccc(Cl)cc2)nn(CN2CCN(C(=O)[C@@H]3CCCO3)CC2)c1=S. The van der Waals surface area contributed by atoms with Crippen molar-refractivity contribution in [3.05, 3.63) is 34.1 Å². The predicted molar refractivity (Wildman–Crippen MR) is 121 cm³/mol. The first-order chi connectivity index (χ1) is 15.1. The van der Waals surface area contributed by atoms with E-state index in [1.807, 2.05) is 38.4 Å². The van der Waals surface area contributed by atoms with Crippen molar-refractivity contribution in [2.45, 2.75) is 32.2 Å². The summed E-state index contributed by atoms with van der Waals surface area (Å²) in [4.78, 5) is 16.8. The van der Waals surface area contributed by atoms with E-state index in [0.29, 0.717) is 49.3 Å². The van der Waals surface area contributed by atoms with E-state index in [1.165, 1.54) is 0 Å². The lowest BCUT2D eigenvalue weighted by atomic mass is 10.2. The van der Waals surface area contributed by atoms with E-state index in [9.17, 15) is 4.79 Å². The van der Waals surface area contributed by atoms with Gasteiger partial charge in [0, 0.05) is 50.5 Å². The Balaban J connectivity index is 1.45. The molecule has 10 heteroatoms. The number of nitrogens with zero attached hydrogens (tertiary/aromatic N) is 5. The van der Waals surface area contributed by atoms with E-state index >= 15 is 0 Å². The van der Waals surface area contributed by atoms with E-state index < -0.39 is 0 Å². The molecule has 2 saturated heterocycles. The Hall–Kier alpha value is -1.78. The van der Waals surface area contributed by atoms with Gasteiger partial charge in [0.15, 0.2) is 10.6 Å². The van der Waals surface area contributed by atoms with Crippen molar-refractivity contribution in [1.29, 1.82) is 0 Å². The number of piperazine rings is 1. The lowest BCUT2D eigenvalue weighted by molar-refractivity contribution is -0.142. The minimum absolute atomic E-state index is 0.127. The molecule has 1 atom stereocenters. The summed E-state index contributed by atoms with van der Waals surface area (Å²) in [6, 6.07) is 7.60. The van der Waals surface area contributed by atoms with Crippen LogP contribution in [0, 0.1) is 4.77 Å². The summed E-state index contributed by atoms with van der Waals surface area (Å²) in [5.74, 6) is 0.925. The molecular formula is C21H28ClN5O3S. The van der Waals surface area contributed by atoms with Gasteiger partial charge in [0.1, 0.15) is 6.10 Å². The molecule has 0 spiro atoms. The molecule has 0 saturated carbocycles. The van der Waals surface area contributed by atoms with Gasteiger partial charge in [-0.05, 0) is 49.3 Å². The normalized spacial score (nSPS) is 19.8. The van der Waals surface area contributed by atoms with Crippen LogP contribution in [0.5, 0.6) is 0 Å². The summed E-state index contributed by atoms with van der Waals surface area (Å²) in [6.45, 7) is 5.39. The fraction of sp³-hybridized carbons (Fsp3) is 0.571. The molecular weight excluding hydrogens is 438 g/mol. The van der Waals surface area contributed by atoms with Crippen LogP contribution in [0.1, 0.15) is 12.8 Å². The molecule has 2 aliphatic rings. The van der Waals surface area contributed by atoms with Crippen LogP contribution >= 0.6 is 23.8 Å². The van der Waals surface area contributed by atoms with Crippen LogP contribution in [0.4, 0.5) is 0 Å². The quantitative estimate of drug-likeness (QED) is 0.586. The van der Waals surface area contributed by atoms with Gasteiger partial charge in [0.05, 0.1) is 19.8 Å². The van der Waals surface area contributed by atoms with Crippen molar-refractivity contribution in [2.24, 2.45) is 0 Å². The maximum Gasteiger partial charge on any atom is 0.251 e. The predicted octanol–water partition coefficient (Wildman–Crippen LogP) is 2.66. The van der Waals surface area contributed by atoms with Crippen LogP contribution < -0.4 is 0 Å². The molecule has 1 amide bonds. The van der Waals surface area contributed by atoms with Crippen LogP contribution in [0.3, 0.4) is 0 Å². The fourth-order valence-corrected chi connectivity index (χ4v) is 4.41.